The molecule has 35 heavy (non-hydrogen) atoms. The number of rotatable bonds is 8. The maximum absolute atomic E-state index is 12.6. The van der Waals surface area contributed by atoms with Crippen molar-refractivity contribution in [1.82, 2.24) is 5.32 Å². The van der Waals surface area contributed by atoms with Crippen molar-refractivity contribution in [2.24, 2.45) is 0 Å². The molecule has 2 N–H and O–H groups in total. The van der Waals surface area contributed by atoms with Gasteiger partial charge in [0.1, 0.15) is 6.61 Å². The topological polar surface area (TPSA) is 59.6 Å². The number of hydrogen-bond donors (Lipinski definition) is 2. The molecule has 182 valence electrons. The van der Waals surface area contributed by atoms with E-state index < -0.39 is 0 Å². The van der Waals surface area contributed by atoms with Gasteiger partial charge in [0.05, 0.1) is 15.1 Å². The van der Waals surface area contributed by atoms with Crippen molar-refractivity contribution in [3.05, 3.63) is 89.3 Å². The van der Waals surface area contributed by atoms with Crippen molar-refractivity contribution in [3.63, 3.8) is 0 Å². The largest absolute Gasteiger partial charge is 0.490 e. The fourth-order valence-electron chi connectivity index (χ4n) is 3.46. The van der Waals surface area contributed by atoms with Crippen molar-refractivity contribution in [2.75, 3.05) is 11.9 Å². The van der Waals surface area contributed by atoms with Gasteiger partial charge in [0.15, 0.2) is 17.0 Å². The van der Waals surface area contributed by atoms with Gasteiger partial charge in [0, 0.05) is 15.2 Å². The van der Waals surface area contributed by atoms with Crippen LogP contribution < -0.4 is 20.1 Å². The summed E-state index contributed by atoms with van der Waals surface area (Å²) in [5, 5.41) is 7.01. The number of anilines is 1. The monoisotopic (exact) mass is 684 g/mol. The second kappa shape index (κ2) is 11.9. The summed E-state index contributed by atoms with van der Waals surface area (Å²) in [5.41, 5.74) is 3.60. The zero-order valence-electron chi connectivity index (χ0n) is 19.0. The molecule has 3 aromatic carbocycles. The number of ether oxygens (including phenoxy) is 2. The molecule has 1 heterocycles. The maximum Gasteiger partial charge on any atom is 0.260 e. The van der Waals surface area contributed by atoms with E-state index in [2.05, 4.69) is 49.2 Å². The molecule has 0 radical (unpaired) electrons. The lowest BCUT2D eigenvalue weighted by Crippen LogP contribution is -2.31. The van der Waals surface area contributed by atoms with Crippen LogP contribution in [0.25, 0.3) is 6.08 Å². The molecular formula is C26H23BrClIN2O3S. The highest BCUT2D eigenvalue weighted by atomic mass is 127. The lowest BCUT2D eigenvalue weighted by molar-refractivity contribution is -0.116. The predicted molar refractivity (Wildman–Crippen MR) is 156 cm³/mol. The first-order chi connectivity index (χ1) is 16.8. The van der Waals surface area contributed by atoms with Crippen molar-refractivity contribution < 1.29 is 14.3 Å². The Morgan fingerprint density at radius 1 is 1.17 bits per heavy atom. The van der Waals surface area contributed by atoms with Crippen LogP contribution in [0.15, 0.2) is 64.0 Å². The highest BCUT2D eigenvalue weighted by Gasteiger charge is 2.27. The van der Waals surface area contributed by atoms with Gasteiger partial charge in [-0.05, 0) is 102 Å². The van der Waals surface area contributed by atoms with Crippen molar-refractivity contribution in [1.29, 1.82) is 0 Å². The van der Waals surface area contributed by atoms with Gasteiger partial charge in [0.2, 0.25) is 0 Å². The maximum atomic E-state index is 12.6. The van der Waals surface area contributed by atoms with E-state index in [9.17, 15) is 4.79 Å². The Morgan fingerprint density at radius 2 is 1.94 bits per heavy atom. The summed E-state index contributed by atoms with van der Waals surface area (Å²) in [6.07, 6.45) is 1.87. The van der Waals surface area contributed by atoms with Crippen LogP contribution in [0.1, 0.15) is 23.6 Å². The number of amides is 1. The normalized spacial score (nSPS) is 16.3. The van der Waals surface area contributed by atoms with Gasteiger partial charge in [-0.15, -0.1) is 0 Å². The molecule has 5 nitrogen and oxygen atoms in total. The van der Waals surface area contributed by atoms with Gasteiger partial charge in [-0.25, -0.2) is 0 Å². The molecule has 1 saturated heterocycles. The summed E-state index contributed by atoms with van der Waals surface area (Å²) >= 11 is 13.2. The van der Waals surface area contributed by atoms with E-state index in [0.717, 1.165) is 30.4 Å². The molecule has 0 saturated carbocycles. The minimum atomic E-state index is -0.271. The minimum Gasteiger partial charge on any atom is -0.490 e. The molecule has 1 fully saturated rings. The first-order valence-corrected chi connectivity index (χ1v) is 14.0. The molecule has 1 amide bonds. The van der Waals surface area contributed by atoms with E-state index in [1.54, 1.807) is 0 Å². The van der Waals surface area contributed by atoms with Crippen molar-refractivity contribution in [3.8, 4) is 11.5 Å². The van der Waals surface area contributed by atoms with E-state index >= 15 is 0 Å². The third-order valence-electron chi connectivity index (χ3n) is 5.13. The summed E-state index contributed by atoms with van der Waals surface area (Å²) in [6, 6.07) is 17.5. The molecule has 4 rings (SSSR count). The Balaban J connectivity index is 1.51. The zero-order chi connectivity index (χ0) is 24.9. The average molecular weight is 686 g/mol. The molecule has 0 aliphatic carbocycles. The smallest absolute Gasteiger partial charge is 0.260 e. The second-order valence-electron chi connectivity index (χ2n) is 7.76. The van der Waals surface area contributed by atoms with Gasteiger partial charge >= 0.3 is 0 Å². The van der Waals surface area contributed by atoms with Crippen LogP contribution in [0.3, 0.4) is 0 Å². The summed E-state index contributed by atoms with van der Waals surface area (Å²) in [7, 11) is 0. The van der Waals surface area contributed by atoms with Crippen molar-refractivity contribution in [2.45, 2.75) is 26.0 Å². The Labute approximate surface area is 236 Å². The second-order valence-corrected chi connectivity index (χ2v) is 11.4. The highest BCUT2D eigenvalue weighted by molar-refractivity contribution is 14.1. The average Bonchev–Trinajstić information content (AvgIpc) is 3.15. The number of carbonyl (C=O) groups is 1. The molecule has 3 aromatic rings. The summed E-state index contributed by atoms with van der Waals surface area (Å²) in [5.74, 6) is 1.22. The molecule has 1 unspecified atom stereocenters. The van der Waals surface area contributed by atoms with Gasteiger partial charge in [-0.3, -0.25) is 4.79 Å². The highest BCUT2D eigenvalue weighted by Crippen LogP contribution is 2.37. The molecule has 1 aliphatic rings. The number of hydrogen-bond acceptors (Lipinski definition) is 5. The van der Waals surface area contributed by atoms with E-state index in [-0.39, 0.29) is 11.4 Å². The van der Waals surface area contributed by atoms with Gasteiger partial charge < -0.3 is 20.1 Å². The Hall–Kier alpha value is -1.88. The van der Waals surface area contributed by atoms with Crippen LogP contribution in [0, 0.1) is 10.5 Å². The number of thioether (sulfide) groups is 1. The quantitative estimate of drug-likeness (QED) is 0.189. The van der Waals surface area contributed by atoms with E-state index in [4.69, 9.17) is 21.1 Å². The van der Waals surface area contributed by atoms with Crippen LogP contribution in [0.5, 0.6) is 11.5 Å². The number of aryl methyl sites for hydroxylation is 1. The Morgan fingerprint density at radius 3 is 2.66 bits per heavy atom. The van der Waals surface area contributed by atoms with E-state index in [1.807, 2.05) is 74.5 Å². The third kappa shape index (κ3) is 6.87. The molecule has 1 aliphatic heterocycles. The standard InChI is InChI=1S/C26H23BrClIN2O3S/c1-3-33-22-12-17(11-20(29)24(22)34-14-16-4-6-18(27)7-5-16)13-23-25(32)31-26(35-23)30-21-9-8-19(28)10-15(21)2/h4-13,26,30H,3,14H2,1-2H3,(H,31,32)/b23-13-. The number of halogens is 3. The molecule has 0 spiro atoms. The van der Waals surface area contributed by atoms with Gasteiger partial charge in [-0.1, -0.05) is 51.4 Å². The first kappa shape index (κ1) is 26.2. The Kier molecular flexibility index (Phi) is 8.91. The van der Waals surface area contributed by atoms with Gasteiger partial charge in [0.25, 0.3) is 5.91 Å². The summed E-state index contributed by atoms with van der Waals surface area (Å²) < 4.78 is 13.9. The zero-order valence-corrected chi connectivity index (χ0v) is 24.3. The van der Waals surface area contributed by atoms with Crippen LogP contribution in [-0.2, 0) is 11.4 Å². The summed E-state index contributed by atoms with van der Waals surface area (Å²) in [4.78, 5) is 13.3. The van der Waals surface area contributed by atoms with E-state index in [1.165, 1.54) is 11.8 Å². The predicted octanol–water partition coefficient (Wildman–Crippen LogP) is 7.59. The van der Waals surface area contributed by atoms with Crippen LogP contribution in [0.2, 0.25) is 5.02 Å². The third-order valence-corrected chi connectivity index (χ3v) is 7.73. The fraction of sp³-hybridized carbons (Fsp3) is 0.192. The van der Waals surface area contributed by atoms with Crippen LogP contribution in [-0.4, -0.2) is 18.0 Å². The number of benzene rings is 3. The fourth-order valence-corrected chi connectivity index (χ4v) is 5.71. The molecule has 0 bridgehead atoms. The molecule has 0 aromatic heterocycles. The number of nitrogens with one attached hydrogen (secondary N) is 2. The lowest BCUT2D eigenvalue weighted by Gasteiger charge is -2.15. The van der Waals surface area contributed by atoms with Gasteiger partial charge in [-0.2, -0.15) is 0 Å². The Bertz CT molecular complexity index is 1270. The first-order valence-electron chi connectivity index (χ1n) is 10.9. The summed E-state index contributed by atoms with van der Waals surface area (Å²) in [6.45, 7) is 4.85. The lowest BCUT2D eigenvalue weighted by atomic mass is 10.1. The SMILES string of the molecule is CCOc1cc(/C=C2\SC(Nc3ccc(Cl)cc3C)NC2=O)cc(I)c1OCc1ccc(Br)cc1. The molecule has 1 atom stereocenters. The van der Waals surface area contributed by atoms with Crippen LogP contribution >= 0.6 is 61.9 Å². The van der Waals surface area contributed by atoms with E-state index in [0.29, 0.717) is 34.6 Å². The molecule has 9 heteroatoms. The molecular weight excluding hydrogens is 663 g/mol. The number of carbonyl (C=O) groups excluding carboxylic acids is 1. The minimum absolute atomic E-state index is 0.123. The van der Waals surface area contributed by atoms with Crippen molar-refractivity contribution >= 4 is 79.6 Å². The van der Waals surface area contributed by atoms with Crippen LogP contribution in [0.4, 0.5) is 5.69 Å².